The van der Waals surface area contributed by atoms with E-state index in [0.29, 0.717) is 12.2 Å². The maximum atomic E-state index is 11.0. The summed E-state index contributed by atoms with van der Waals surface area (Å²) in [6.45, 7) is 2.53. The number of anilines is 1. The predicted octanol–water partition coefficient (Wildman–Crippen LogP) is 2.27. The molecular formula is C14H18N2O4. The van der Waals surface area contributed by atoms with Gasteiger partial charge in [-0.2, -0.15) is 0 Å². The molecule has 0 aliphatic carbocycles. The quantitative estimate of drug-likeness (QED) is 0.469. The van der Waals surface area contributed by atoms with Crippen molar-refractivity contribution in [2.45, 2.75) is 12.8 Å². The van der Waals surface area contributed by atoms with Crippen molar-refractivity contribution in [1.29, 1.82) is 0 Å². The third-order valence-corrected chi connectivity index (χ3v) is 3.72. The van der Waals surface area contributed by atoms with Crippen molar-refractivity contribution in [3.63, 3.8) is 0 Å². The average molecular weight is 278 g/mol. The van der Waals surface area contributed by atoms with E-state index in [4.69, 9.17) is 4.74 Å². The fraction of sp³-hybridized carbons (Fsp3) is 0.500. The fourth-order valence-electron chi connectivity index (χ4n) is 2.59. The molecule has 0 saturated carbocycles. The predicted molar refractivity (Wildman–Crippen MR) is 75.3 cm³/mol. The van der Waals surface area contributed by atoms with Gasteiger partial charge in [-0.3, -0.25) is 14.9 Å². The van der Waals surface area contributed by atoms with Crippen LogP contribution in [0.25, 0.3) is 0 Å². The van der Waals surface area contributed by atoms with Gasteiger partial charge in [0.2, 0.25) is 0 Å². The first kappa shape index (κ1) is 14.5. The Balaban J connectivity index is 2.10. The zero-order valence-electron chi connectivity index (χ0n) is 11.4. The summed E-state index contributed by atoms with van der Waals surface area (Å²) in [6, 6.07) is 4.71. The summed E-state index contributed by atoms with van der Waals surface area (Å²) in [5.41, 5.74) is 0.859. The second kappa shape index (κ2) is 6.47. The van der Waals surface area contributed by atoms with E-state index >= 15 is 0 Å². The van der Waals surface area contributed by atoms with Gasteiger partial charge in [0.25, 0.3) is 5.69 Å². The molecule has 2 rings (SSSR count). The fourth-order valence-corrected chi connectivity index (χ4v) is 2.59. The van der Waals surface area contributed by atoms with Gasteiger partial charge in [0.15, 0.2) is 6.29 Å². The van der Waals surface area contributed by atoms with Crippen molar-refractivity contribution < 1.29 is 14.5 Å². The lowest BCUT2D eigenvalue weighted by atomic mass is 9.97. The van der Waals surface area contributed by atoms with Crippen LogP contribution in [0.4, 0.5) is 11.4 Å². The summed E-state index contributed by atoms with van der Waals surface area (Å²) < 4.78 is 5.16. The minimum Gasteiger partial charge on any atom is -0.384 e. The monoisotopic (exact) mass is 278 g/mol. The highest BCUT2D eigenvalue weighted by molar-refractivity contribution is 5.83. The molecule has 1 fully saturated rings. The number of nitrogens with zero attached hydrogens (tertiary/aromatic N) is 2. The molecule has 0 amide bonds. The Morgan fingerprint density at radius 3 is 2.70 bits per heavy atom. The number of carbonyl (C=O) groups is 1. The Kier molecular flexibility index (Phi) is 4.68. The van der Waals surface area contributed by atoms with E-state index in [9.17, 15) is 14.9 Å². The van der Waals surface area contributed by atoms with Crippen LogP contribution in [0, 0.1) is 16.0 Å². The summed E-state index contributed by atoms with van der Waals surface area (Å²) >= 11 is 0. The van der Waals surface area contributed by atoms with Gasteiger partial charge in [-0.15, -0.1) is 0 Å². The van der Waals surface area contributed by atoms with E-state index in [-0.39, 0.29) is 11.3 Å². The lowest BCUT2D eigenvalue weighted by Gasteiger charge is -2.33. The van der Waals surface area contributed by atoms with Gasteiger partial charge >= 0.3 is 0 Å². The third-order valence-electron chi connectivity index (χ3n) is 3.72. The van der Waals surface area contributed by atoms with E-state index in [0.717, 1.165) is 38.2 Å². The number of nitro benzene ring substituents is 1. The highest BCUT2D eigenvalue weighted by atomic mass is 16.6. The third kappa shape index (κ3) is 3.14. The van der Waals surface area contributed by atoms with Crippen molar-refractivity contribution in [2.75, 3.05) is 31.7 Å². The van der Waals surface area contributed by atoms with E-state index < -0.39 is 4.92 Å². The van der Waals surface area contributed by atoms with Gasteiger partial charge in [-0.25, -0.2) is 0 Å². The van der Waals surface area contributed by atoms with E-state index in [2.05, 4.69) is 4.90 Å². The second-order valence-corrected chi connectivity index (χ2v) is 5.00. The van der Waals surface area contributed by atoms with Gasteiger partial charge in [0.1, 0.15) is 0 Å². The Morgan fingerprint density at radius 2 is 2.15 bits per heavy atom. The first-order valence-electron chi connectivity index (χ1n) is 6.63. The first-order chi connectivity index (χ1) is 9.65. The Bertz CT molecular complexity index is 496. The first-order valence-corrected chi connectivity index (χ1v) is 6.63. The van der Waals surface area contributed by atoms with Gasteiger partial charge in [0.05, 0.1) is 10.5 Å². The molecule has 1 saturated heterocycles. The second-order valence-electron chi connectivity index (χ2n) is 5.00. The molecule has 6 heteroatoms. The lowest BCUT2D eigenvalue weighted by molar-refractivity contribution is -0.385. The largest absolute Gasteiger partial charge is 0.384 e. The van der Waals surface area contributed by atoms with Crippen LogP contribution in [0.1, 0.15) is 23.2 Å². The molecule has 1 aromatic carbocycles. The number of hydrogen-bond donors (Lipinski definition) is 0. The number of ether oxygens (including phenoxy) is 1. The number of aldehydes is 1. The topological polar surface area (TPSA) is 72.7 Å². The number of methoxy groups -OCH3 is 1. The summed E-state index contributed by atoms with van der Waals surface area (Å²) in [5, 5.41) is 10.8. The number of rotatable bonds is 5. The van der Waals surface area contributed by atoms with Crippen LogP contribution >= 0.6 is 0 Å². The lowest BCUT2D eigenvalue weighted by Crippen LogP contribution is -2.35. The molecule has 1 aromatic rings. The molecule has 0 aromatic heterocycles. The molecule has 6 nitrogen and oxygen atoms in total. The standard InChI is InChI=1S/C14H18N2O4/c1-20-10-11-4-6-15(7-5-11)13-2-3-14(16(18)19)12(8-13)9-17/h2-3,8-9,11H,4-7,10H2,1H3. The highest BCUT2D eigenvalue weighted by Gasteiger charge is 2.21. The van der Waals surface area contributed by atoms with Gasteiger partial charge < -0.3 is 9.64 Å². The molecule has 0 radical (unpaired) electrons. The summed E-state index contributed by atoms with van der Waals surface area (Å²) in [5.74, 6) is 0.569. The van der Waals surface area contributed by atoms with Crippen molar-refractivity contribution >= 4 is 17.7 Å². The van der Waals surface area contributed by atoms with Crippen LogP contribution in [-0.2, 0) is 4.74 Å². The molecule has 0 atom stereocenters. The van der Waals surface area contributed by atoms with Crippen LogP contribution in [0.5, 0.6) is 0 Å². The molecule has 1 heterocycles. The van der Waals surface area contributed by atoms with Crippen LogP contribution in [0.3, 0.4) is 0 Å². The highest BCUT2D eigenvalue weighted by Crippen LogP contribution is 2.27. The smallest absolute Gasteiger partial charge is 0.280 e. The van der Waals surface area contributed by atoms with Crippen LogP contribution in [-0.4, -0.2) is 38.0 Å². The molecule has 0 bridgehead atoms. The molecule has 0 unspecified atom stereocenters. The van der Waals surface area contributed by atoms with Crippen molar-refractivity contribution in [3.8, 4) is 0 Å². The van der Waals surface area contributed by atoms with Gasteiger partial charge in [-0.05, 0) is 30.9 Å². The van der Waals surface area contributed by atoms with Crippen LogP contribution in [0.2, 0.25) is 0 Å². The number of carbonyl (C=O) groups excluding carboxylic acids is 1. The SMILES string of the molecule is COCC1CCN(c2ccc([N+](=O)[O-])c(C=O)c2)CC1. The number of hydrogen-bond acceptors (Lipinski definition) is 5. The van der Waals surface area contributed by atoms with E-state index in [1.54, 1.807) is 19.2 Å². The van der Waals surface area contributed by atoms with Gasteiger partial charge in [-0.1, -0.05) is 0 Å². The molecule has 0 N–H and O–H groups in total. The molecular weight excluding hydrogens is 260 g/mol. The maximum absolute atomic E-state index is 11.0. The Labute approximate surface area is 117 Å². The van der Waals surface area contributed by atoms with Crippen molar-refractivity contribution in [1.82, 2.24) is 0 Å². The summed E-state index contributed by atoms with van der Waals surface area (Å²) in [6.07, 6.45) is 2.60. The summed E-state index contributed by atoms with van der Waals surface area (Å²) in [7, 11) is 1.71. The maximum Gasteiger partial charge on any atom is 0.280 e. The Morgan fingerprint density at radius 1 is 1.45 bits per heavy atom. The molecule has 1 aliphatic heterocycles. The minimum atomic E-state index is -0.529. The van der Waals surface area contributed by atoms with Crippen molar-refractivity contribution in [3.05, 3.63) is 33.9 Å². The minimum absolute atomic E-state index is 0.131. The zero-order chi connectivity index (χ0) is 14.5. The average Bonchev–Trinajstić information content (AvgIpc) is 2.47. The number of piperidine rings is 1. The molecule has 108 valence electrons. The van der Waals surface area contributed by atoms with Crippen molar-refractivity contribution in [2.24, 2.45) is 5.92 Å². The van der Waals surface area contributed by atoms with Gasteiger partial charge in [0, 0.05) is 38.6 Å². The van der Waals surface area contributed by atoms with Crippen LogP contribution in [0.15, 0.2) is 18.2 Å². The number of benzene rings is 1. The molecule has 20 heavy (non-hydrogen) atoms. The molecule has 0 spiro atoms. The molecule has 1 aliphatic rings. The Hall–Kier alpha value is -1.95. The van der Waals surface area contributed by atoms with E-state index in [1.807, 2.05) is 0 Å². The normalized spacial score (nSPS) is 16.1. The summed E-state index contributed by atoms with van der Waals surface area (Å²) in [4.78, 5) is 23.4. The zero-order valence-corrected chi connectivity index (χ0v) is 11.4. The van der Waals surface area contributed by atoms with E-state index in [1.165, 1.54) is 6.07 Å². The number of nitro groups is 1. The van der Waals surface area contributed by atoms with Crippen LogP contribution < -0.4 is 4.90 Å².